The lowest BCUT2D eigenvalue weighted by Gasteiger charge is -2.18. The minimum atomic E-state index is -0.896. The fourth-order valence-corrected chi connectivity index (χ4v) is 5.01. The molecule has 0 radical (unpaired) electrons. The van der Waals surface area contributed by atoms with Gasteiger partial charge in [-0.1, -0.05) is 30.3 Å². The average Bonchev–Trinajstić information content (AvgIpc) is 2.73. The highest BCUT2D eigenvalue weighted by atomic mass is 32.2. The smallest absolute Gasteiger partial charge is 0.343 e. The number of rotatable bonds is 7. The zero-order valence-electron chi connectivity index (χ0n) is 16.8. The van der Waals surface area contributed by atoms with Gasteiger partial charge in [0, 0.05) is 0 Å². The standard InChI is InChI=1S/C24H25O4S/c1-24(2,26)17-28-18-13-15-20(16-14-18)29(19-9-5-4-6-10-19)22-12-8-7-11-21(22)23(25)27-3/h4-16,26H,17H2,1-3H3/q+1. The van der Waals surface area contributed by atoms with Crippen LogP contribution in [0.1, 0.15) is 24.2 Å². The molecule has 0 saturated carbocycles. The first-order chi connectivity index (χ1) is 13.9. The number of aliphatic hydroxyl groups is 1. The highest BCUT2D eigenvalue weighted by Crippen LogP contribution is 2.34. The van der Waals surface area contributed by atoms with E-state index in [0.717, 1.165) is 14.7 Å². The van der Waals surface area contributed by atoms with E-state index in [1.54, 1.807) is 19.9 Å². The van der Waals surface area contributed by atoms with Gasteiger partial charge in [0.15, 0.2) is 14.7 Å². The van der Waals surface area contributed by atoms with Crippen LogP contribution in [0.3, 0.4) is 0 Å². The molecule has 150 valence electrons. The Hall–Kier alpha value is -2.76. The molecule has 5 heteroatoms. The normalized spacial score (nSPS) is 12.3. The Balaban J connectivity index is 2.02. The fraction of sp³-hybridized carbons (Fsp3) is 0.208. The molecular weight excluding hydrogens is 384 g/mol. The van der Waals surface area contributed by atoms with E-state index in [1.165, 1.54) is 7.11 Å². The van der Waals surface area contributed by atoms with Crippen molar-refractivity contribution < 1.29 is 19.4 Å². The average molecular weight is 410 g/mol. The van der Waals surface area contributed by atoms with Gasteiger partial charge in [0.1, 0.15) is 28.8 Å². The minimum absolute atomic E-state index is 0.210. The summed E-state index contributed by atoms with van der Waals surface area (Å²) in [6.07, 6.45) is 0. The minimum Gasteiger partial charge on any atom is -0.491 e. The van der Waals surface area contributed by atoms with Gasteiger partial charge in [0.2, 0.25) is 0 Å². The lowest BCUT2D eigenvalue weighted by atomic mass is 10.2. The Morgan fingerprint density at radius 3 is 2.10 bits per heavy atom. The summed E-state index contributed by atoms with van der Waals surface area (Å²) >= 11 is 0. The number of carbonyl (C=O) groups excluding carboxylic acids is 1. The summed E-state index contributed by atoms with van der Waals surface area (Å²) in [7, 11) is 0.914. The molecule has 0 aromatic heterocycles. The third kappa shape index (κ3) is 5.40. The molecule has 29 heavy (non-hydrogen) atoms. The first-order valence-corrected chi connectivity index (χ1v) is 10.5. The van der Waals surface area contributed by atoms with Crippen molar-refractivity contribution >= 4 is 16.9 Å². The SMILES string of the molecule is COC(=O)c1ccccc1[S+](c1ccccc1)c1ccc(OCC(C)(C)O)cc1. The van der Waals surface area contributed by atoms with Crippen LogP contribution in [-0.4, -0.2) is 30.4 Å². The van der Waals surface area contributed by atoms with Crippen LogP contribution in [-0.2, 0) is 15.6 Å². The van der Waals surface area contributed by atoms with Crippen molar-refractivity contribution in [1.29, 1.82) is 0 Å². The number of ether oxygens (including phenoxy) is 2. The highest BCUT2D eigenvalue weighted by Gasteiger charge is 2.33. The Kier molecular flexibility index (Phi) is 6.62. The van der Waals surface area contributed by atoms with E-state index in [9.17, 15) is 9.90 Å². The molecule has 0 fully saturated rings. The summed E-state index contributed by atoms with van der Waals surface area (Å²) in [6, 6.07) is 25.4. The van der Waals surface area contributed by atoms with Crippen molar-refractivity contribution in [2.45, 2.75) is 34.1 Å². The summed E-state index contributed by atoms with van der Waals surface area (Å²) < 4.78 is 10.7. The van der Waals surface area contributed by atoms with E-state index < -0.39 is 16.5 Å². The number of hydrogen-bond acceptors (Lipinski definition) is 4. The Labute approximate surface area is 174 Å². The van der Waals surface area contributed by atoms with E-state index in [4.69, 9.17) is 9.47 Å². The van der Waals surface area contributed by atoms with E-state index in [-0.39, 0.29) is 12.6 Å². The molecular formula is C24H25O4S+. The van der Waals surface area contributed by atoms with Crippen LogP contribution < -0.4 is 4.74 Å². The van der Waals surface area contributed by atoms with Crippen molar-refractivity contribution in [3.8, 4) is 5.75 Å². The third-order valence-electron chi connectivity index (χ3n) is 4.14. The second-order valence-corrected chi connectivity index (χ2v) is 9.17. The molecule has 0 heterocycles. The summed E-state index contributed by atoms with van der Waals surface area (Å²) in [5, 5.41) is 9.86. The molecule has 0 aliphatic carbocycles. The number of hydrogen-bond donors (Lipinski definition) is 1. The zero-order valence-corrected chi connectivity index (χ0v) is 17.6. The Bertz CT molecular complexity index is 947. The predicted molar refractivity (Wildman–Crippen MR) is 115 cm³/mol. The Morgan fingerprint density at radius 2 is 1.48 bits per heavy atom. The Morgan fingerprint density at radius 1 is 0.897 bits per heavy atom. The summed E-state index contributed by atoms with van der Waals surface area (Å²) in [6.45, 7) is 3.62. The van der Waals surface area contributed by atoms with Crippen LogP contribution in [0.2, 0.25) is 0 Å². The second-order valence-electron chi connectivity index (χ2n) is 7.18. The maximum Gasteiger partial charge on any atom is 0.343 e. The van der Waals surface area contributed by atoms with Gasteiger partial charge in [-0.25, -0.2) is 4.79 Å². The molecule has 1 unspecified atom stereocenters. The summed E-state index contributed by atoms with van der Waals surface area (Å²) in [5.41, 5.74) is -0.337. The maximum atomic E-state index is 12.4. The third-order valence-corrected chi connectivity index (χ3v) is 6.43. The summed E-state index contributed by atoms with van der Waals surface area (Å²) in [5.74, 6) is 0.341. The second kappa shape index (κ2) is 9.16. The van der Waals surface area contributed by atoms with E-state index in [2.05, 4.69) is 12.1 Å². The lowest BCUT2D eigenvalue weighted by molar-refractivity contribution is 0.0284. The number of benzene rings is 3. The van der Waals surface area contributed by atoms with E-state index >= 15 is 0 Å². The molecule has 0 saturated heterocycles. The molecule has 3 rings (SSSR count). The molecule has 0 amide bonds. The molecule has 3 aromatic rings. The summed E-state index contributed by atoms with van der Waals surface area (Å²) in [4.78, 5) is 15.4. The largest absolute Gasteiger partial charge is 0.491 e. The number of methoxy groups -OCH3 is 1. The highest BCUT2D eigenvalue weighted by molar-refractivity contribution is 7.97. The van der Waals surface area contributed by atoms with E-state index in [0.29, 0.717) is 11.3 Å². The van der Waals surface area contributed by atoms with Crippen LogP contribution >= 0.6 is 0 Å². The van der Waals surface area contributed by atoms with Gasteiger partial charge in [0.25, 0.3) is 0 Å². The quantitative estimate of drug-likeness (QED) is 0.453. The maximum absolute atomic E-state index is 12.4. The molecule has 1 atom stereocenters. The van der Waals surface area contributed by atoms with Crippen molar-refractivity contribution in [3.05, 3.63) is 84.4 Å². The van der Waals surface area contributed by atoms with Gasteiger partial charge in [0.05, 0.1) is 12.7 Å². The zero-order chi connectivity index (χ0) is 20.9. The van der Waals surface area contributed by atoms with Gasteiger partial charge < -0.3 is 14.6 Å². The van der Waals surface area contributed by atoms with Crippen LogP contribution in [0, 0.1) is 0 Å². The molecule has 0 spiro atoms. The topological polar surface area (TPSA) is 55.8 Å². The van der Waals surface area contributed by atoms with E-state index in [1.807, 2.05) is 60.7 Å². The van der Waals surface area contributed by atoms with Crippen LogP contribution in [0.15, 0.2) is 93.5 Å². The number of carbonyl (C=O) groups is 1. The van der Waals surface area contributed by atoms with Crippen molar-refractivity contribution in [2.75, 3.05) is 13.7 Å². The predicted octanol–water partition coefficient (Wildman–Crippen LogP) is 4.72. The molecule has 0 aliphatic rings. The van der Waals surface area contributed by atoms with Crippen LogP contribution in [0.4, 0.5) is 0 Å². The molecule has 3 aromatic carbocycles. The van der Waals surface area contributed by atoms with Crippen molar-refractivity contribution in [2.24, 2.45) is 0 Å². The van der Waals surface area contributed by atoms with Gasteiger partial charge in [-0.05, 0) is 62.4 Å². The van der Waals surface area contributed by atoms with Gasteiger partial charge in [-0.15, -0.1) is 0 Å². The van der Waals surface area contributed by atoms with Crippen molar-refractivity contribution in [3.63, 3.8) is 0 Å². The van der Waals surface area contributed by atoms with Gasteiger partial charge >= 0.3 is 5.97 Å². The van der Waals surface area contributed by atoms with Crippen molar-refractivity contribution in [1.82, 2.24) is 0 Å². The van der Waals surface area contributed by atoms with Gasteiger partial charge in [-0.3, -0.25) is 0 Å². The monoisotopic (exact) mass is 409 g/mol. The lowest BCUT2D eigenvalue weighted by Crippen LogP contribution is -2.27. The van der Waals surface area contributed by atoms with Gasteiger partial charge in [-0.2, -0.15) is 0 Å². The molecule has 1 N–H and O–H groups in total. The molecule has 0 bridgehead atoms. The number of esters is 1. The molecule has 0 aliphatic heterocycles. The first kappa shape index (κ1) is 21.0. The fourth-order valence-electron chi connectivity index (χ4n) is 2.80. The molecule has 4 nitrogen and oxygen atoms in total. The van der Waals surface area contributed by atoms with Crippen LogP contribution in [0.5, 0.6) is 5.75 Å². The first-order valence-electron chi connectivity index (χ1n) is 9.31. The van der Waals surface area contributed by atoms with Crippen LogP contribution in [0.25, 0.3) is 0 Å².